The normalized spacial score (nSPS) is 11.6. The highest BCUT2D eigenvalue weighted by Crippen LogP contribution is 2.26. The molecule has 0 saturated heterocycles. The predicted molar refractivity (Wildman–Crippen MR) is 158 cm³/mol. The maximum Gasteiger partial charge on any atom is 0.251 e. The summed E-state index contributed by atoms with van der Waals surface area (Å²) in [6.07, 6.45) is 3.20. The first-order chi connectivity index (χ1) is 18.5. The molecule has 0 aliphatic rings. The summed E-state index contributed by atoms with van der Waals surface area (Å²) in [6.45, 7) is 10.7. The van der Waals surface area contributed by atoms with E-state index in [0.29, 0.717) is 34.9 Å². The van der Waals surface area contributed by atoms with E-state index in [4.69, 9.17) is 4.98 Å². The molecule has 2 aromatic heterocycles. The lowest BCUT2D eigenvalue weighted by molar-refractivity contribution is 0.0951. The molecule has 39 heavy (non-hydrogen) atoms. The van der Waals surface area contributed by atoms with Gasteiger partial charge in [0.1, 0.15) is 17.4 Å². The first kappa shape index (κ1) is 27.9. The number of benzene rings is 2. The third-order valence-electron chi connectivity index (χ3n) is 6.59. The number of nitrogens with zero attached hydrogens (tertiary/aromatic N) is 6. The second-order valence-corrected chi connectivity index (χ2v) is 11.1. The molecule has 0 radical (unpaired) electrons. The lowest BCUT2D eigenvalue weighted by Crippen LogP contribution is -2.29. The number of fused-ring (bicyclic) bond motifs is 1. The average molecular weight is 527 g/mol. The molecule has 9 heteroatoms. The number of carbonyl (C=O) groups is 1. The summed E-state index contributed by atoms with van der Waals surface area (Å²) < 4.78 is 0. The maximum atomic E-state index is 13.1. The fraction of sp³-hybridized carbons (Fsp3) is 0.367. The number of nitrogens with one attached hydrogen (secondary N) is 2. The van der Waals surface area contributed by atoms with Gasteiger partial charge in [-0.3, -0.25) is 4.79 Å². The molecule has 0 spiro atoms. The van der Waals surface area contributed by atoms with Crippen molar-refractivity contribution in [1.29, 1.82) is 0 Å². The lowest BCUT2D eigenvalue weighted by atomic mass is 9.86. The zero-order valence-corrected chi connectivity index (χ0v) is 23.9. The van der Waals surface area contributed by atoms with Crippen LogP contribution in [0.15, 0.2) is 55.0 Å². The van der Waals surface area contributed by atoms with Crippen LogP contribution in [-0.2, 0) is 12.0 Å². The van der Waals surface area contributed by atoms with Crippen LogP contribution in [0.2, 0.25) is 0 Å². The molecular weight excluding hydrogens is 488 g/mol. The summed E-state index contributed by atoms with van der Waals surface area (Å²) >= 11 is 0. The van der Waals surface area contributed by atoms with Crippen LogP contribution in [0.1, 0.15) is 47.8 Å². The molecule has 2 aromatic carbocycles. The van der Waals surface area contributed by atoms with Crippen LogP contribution in [0.4, 0.5) is 17.5 Å². The van der Waals surface area contributed by atoms with Gasteiger partial charge in [-0.15, -0.1) is 0 Å². The second-order valence-electron chi connectivity index (χ2n) is 11.1. The van der Waals surface area contributed by atoms with Gasteiger partial charge >= 0.3 is 0 Å². The molecule has 2 N–H and O–H groups in total. The molecular formula is C30H38N8O. The number of carbonyl (C=O) groups excluding carboxylic acids is 1. The smallest absolute Gasteiger partial charge is 0.251 e. The van der Waals surface area contributed by atoms with Crippen molar-refractivity contribution in [3.8, 4) is 0 Å². The van der Waals surface area contributed by atoms with Crippen LogP contribution in [0, 0.1) is 6.92 Å². The minimum atomic E-state index is -0.140. The molecule has 1 amide bonds. The number of rotatable bonds is 9. The fourth-order valence-electron chi connectivity index (χ4n) is 4.03. The van der Waals surface area contributed by atoms with Crippen molar-refractivity contribution in [3.63, 3.8) is 0 Å². The van der Waals surface area contributed by atoms with Gasteiger partial charge in [0.2, 0.25) is 5.95 Å². The van der Waals surface area contributed by atoms with E-state index >= 15 is 0 Å². The van der Waals surface area contributed by atoms with Gasteiger partial charge in [-0.05, 0) is 55.3 Å². The molecule has 0 bridgehead atoms. The summed E-state index contributed by atoms with van der Waals surface area (Å²) in [6, 6.07) is 13.9. The Hall–Kier alpha value is -4.11. The average Bonchev–Trinajstić information content (AvgIpc) is 2.91. The number of anilines is 3. The second kappa shape index (κ2) is 11.7. The third-order valence-corrected chi connectivity index (χ3v) is 6.59. The van der Waals surface area contributed by atoms with Crippen LogP contribution < -0.4 is 15.5 Å². The highest BCUT2D eigenvalue weighted by molar-refractivity contribution is 5.96. The highest BCUT2D eigenvalue weighted by atomic mass is 16.1. The van der Waals surface area contributed by atoms with Gasteiger partial charge < -0.3 is 20.4 Å². The molecule has 0 atom stereocenters. The van der Waals surface area contributed by atoms with Crippen molar-refractivity contribution in [1.82, 2.24) is 30.2 Å². The van der Waals surface area contributed by atoms with Crippen LogP contribution >= 0.6 is 0 Å². The van der Waals surface area contributed by atoms with Gasteiger partial charge in [0.15, 0.2) is 5.82 Å². The number of hydrogen-bond acceptors (Lipinski definition) is 8. The van der Waals surface area contributed by atoms with Crippen LogP contribution in [0.25, 0.3) is 11.0 Å². The lowest BCUT2D eigenvalue weighted by Gasteiger charge is -2.20. The number of likely N-dealkylation sites (N-methyl/N-ethyl adjacent to an activating group) is 2. The minimum Gasteiger partial charge on any atom is -0.348 e. The number of aryl methyl sites for hydroxylation is 1. The number of amides is 1. The van der Waals surface area contributed by atoms with Crippen molar-refractivity contribution >= 4 is 34.4 Å². The maximum absolute atomic E-state index is 13.1. The Balaban J connectivity index is 1.53. The molecule has 0 aliphatic carbocycles. The fourth-order valence-corrected chi connectivity index (χ4v) is 4.03. The van der Waals surface area contributed by atoms with Crippen molar-refractivity contribution in [2.75, 3.05) is 44.4 Å². The van der Waals surface area contributed by atoms with E-state index in [9.17, 15) is 4.79 Å². The topological polar surface area (TPSA) is 99.2 Å². The van der Waals surface area contributed by atoms with Crippen molar-refractivity contribution in [2.45, 2.75) is 39.7 Å². The Morgan fingerprint density at radius 3 is 2.51 bits per heavy atom. The largest absolute Gasteiger partial charge is 0.348 e. The summed E-state index contributed by atoms with van der Waals surface area (Å²) in [5.74, 6) is 1.02. The van der Waals surface area contributed by atoms with E-state index in [2.05, 4.69) is 63.4 Å². The predicted octanol–water partition coefficient (Wildman–Crippen LogP) is 4.70. The summed E-state index contributed by atoms with van der Waals surface area (Å²) in [5, 5.41) is 6.43. The van der Waals surface area contributed by atoms with E-state index in [1.165, 1.54) is 11.9 Å². The molecule has 2 heterocycles. The van der Waals surface area contributed by atoms with Crippen LogP contribution in [0.3, 0.4) is 0 Å². The molecule has 0 aliphatic heterocycles. The van der Waals surface area contributed by atoms with Crippen molar-refractivity contribution in [2.24, 2.45) is 0 Å². The monoisotopic (exact) mass is 526 g/mol. The summed E-state index contributed by atoms with van der Waals surface area (Å²) in [5.41, 5.74) is 5.94. The minimum absolute atomic E-state index is 0.0516. The van der Waals surface area contributed by atoms with E-state index in [1.807, 2.05) is 63.3 Å². The first-order valence-electron chi connectivity index (χ1n) is 13.1. The zero-order chi connectivity index (χ0) is 28.2. The SMILES string of the molecule is Cc1ccc(C(=O)NCc2cccc(C(C)(C)C)c2)cc1Nc1ncnc2cnc(N(C)CCN(C)C)nc12. The van der Waals surface area contributed by atoms with Crippen LogP contribution in [0.5, 0.6) is 0 Å². The Bertz CT molecular complexity index is 1460. The Morgan fingerprint density at radius 1 is 0.974 bits per heavy atom. The van der Waals surface area contributed by atoms with E-state index in [-0.39, 0.29) is 11.3 Å². The molecule has 4 aromatic rings. The van der Waals surface area contributed by atoms with Gasteiger partial charge in [0, 0.05) is 37.9 Å². The zero-order valence-electron chi connectivity index (χ0n) is 23.9. The molecule has 0 fully saturated rings. The van der Waals surface area contributed by atoms with Gasteiger partial charge in [-0.25, -0.2) is 19.9 Å². The quantitative estimate of drug-likeness (QED) is 0.324. The Morgan fingerprint density at radius 2 is 1.77 bits per heavy atom. The molecule has 9 nitrogen and oxygen atoms in total. The van der Waals surface area contributed by atoms with Crippen LogP contribution in [-0.4, -0.2) is 65.0 Å². The van der Waals surface area contributed by atoms with Gasteiger partial charge in [0.05, 0.1) is 6.20 Å². The molecule has 4 rings (SSSR count). The summed E-state index contributed by atoms with van der Waals surface area (Å²) in [4.78, 5) is 35.2. The molecule has 204 valence electrons. The Labute approximate surface area is 230 Å². The third kappa shape index (κ3) is 7.06. The molecule has 0 saturated carbocycles. The standard InChI is InChI=1S/C30H38N8O/c1-20-11-12-22(28(39)31-17-21-9-8-10-23(15-21)30(2,3)4)16-24(20)35-27-26-25(33-19-34-27)18-32-29(36-26)38(7)14-13-37(5)6/h8-12,15-16,18-19H,13-14,17H2,1-7H3,(H,31,39)(H,33,34,35). The van der Waals surface area contributed by atoms with Gasteiger partial charge in [0.25, 0.3) is 5.91 Å². The number of hydrogen-bond donors (Lipinski definition) is 2. The highest BCUT2D eigenvalue weighted by Gasteiger charge is 2.15. The Kier molecular flexibility index (Phi) is 8.40. The first-order valence-corrected chi connectivity index (χ1v) is 13.1. The van der Waals surface area contributed by atoms with Gasteiger partial charge in [-0.1, -0.05) is 51.1 Å². The van der Waals surface area contributed by atoms with Crippen molar-refractivity contribution in [3.05, 3.63) is 77.2 Å². The van der Waals surface area contributed by atoms with Crippen molar-refractivity contribution < 1.29 is 4.79 Å². The summed E-state index contributed by atoms with van der Waals surface area (Å²) in [7, 11) is 6.03. The molecule has 0 unspecified atom stereocenters. The van der Waals surface area contributed by atoms with E-state index in [1.54, 1.807) is 6.20 Å². The van der Waals surface area contributed by atoms with E-state index in [0.717, 1.165) is 29.9 Å². The number of aromatic nitrogens is 4. The van der Waals surface area contributed by atoms with E-state index < -0.39 is 0 Å². The van der Waals surface area contributed by atoms with Gasteiger partial charge in [-0.2, -0.15) is 0 Å².